The fourth-order valence-electron chi connectivity index (χ4n) is 2.44. The lowest BCUT2D eigenvalue weighted by atomic mass is 10.1. The molecule has 0 spiro atoms. The molecule has 0 fully saturated rings. The van der Waals surface area contributed by atoms with Crippen molar-refractivity contribution in [1.29, 1.82) is 0 Å². The molecule has 8 nitrogen and oxygen atoms in total. The van der Waals surface area contributed by atoms with Gasteiger partial charge in [0.1, 0.15) is 16.3 Å². The van der Waals surface area contributed by atoms with Gasteiger partial charge in [0, 0.05) is 13.6 Å². The van der Waals surface area contributed by atoms with Crippen molar-refractivity contribution < 1.29 is 14.3 Å². The largest absolute Gasteiger partial charge is 0.453 e. The second-order valence-electron chi connectivity index (χ2n) is 6.34. The van der Waals surface area contributed by atoms with Crippen molar-refractivity contribution in [1.82, 2.24) is 9.13 Å². The zero-order valence-electron chi connectivity index (χ0n) is 15.1. The number of nitrogens with two attached hydrogens (primary N) is 1. The molecule has 140 valence electrons. The minimum absolute atomic E-state index is 0.0788. The highest BCUT2D eigenvalue weighted by Gasteiger charge is 2.23. The molecule has 0 saturated carbocycles. The van der Waals surface area contributed by atoms with E-state index in [2.05, 4.69) is 0 Å². The van der Waals surface area contributed by atoms with Gasteiger partial charge >= 0.3 is 11.7 Å². The monoisotopic (exact) mass is 379 g/mol. The van der Waals surface area contributed by atoms with Crippen LogP contribution in [0.25, 0.3) is 0 Å². The maximum atomic E-state index is 12.5. The molecule has 2 rings (SSSR count). The Morgan fingerprint density at radius 1 is 1.31 bits per heavy atom. The van der Waals surface area contributed by atoms with Crippen LogP contribution >= 0.6 is 11.3 Å². The molecule has 0 aliphatic carbocycles. The molecule has 9 heteroatoms. The lowest BCUT2D eigenvalue weighted by Crippen LogP contribution is -2.43. The third-order valence-corrected chi connectivity index (χ3v) is 4.79. The summed E-state index contributed by atoms with van der Waals surface area (Å²) < 4.78 is 7.03. The number of nitrogen functional groups attached to an aromatic ring is 1. The molecular formula is C17H21N3O5S. The first-order valence-corrected chi connectivity index (χ1v) is 8.86. The molecule has 0 aromatic carbocycles. The van der Waals surface area contributed by atoms with E-state index < -0.39 is 29.6 Å². The maximum absolute atomic E-state index is 12.5. The summed E-state index contributed by atoms with van der Waals surface area (Å²) >= 11 is 1.20. The number of aromatic nitrogens is 2. The van der Waals surface area contributed by atoms with Crippen LogP contribution in [0.2, 0.25) is 0 Å². The maximum Gasteiger partial charge on any atom is 0.349 e. The Morgan fingerprint density at radius 3 is 2.50 bits per heavy atom. The molecule has 0 aliphatic rings. The highest BCUT2D eigenvalue weighted by molar-refractivity contribution is 7.12. The van der Waals surface area contributed by atoms with Crippen LogP contribution in [-0.4, -0.2) is 27.5 Å². The number of aryl methyl sites for hydroxylation is 1. The van der Waals surface area contributed by atoms with Crippen molar-refractivity contribution in [2.75, 3.05) is 12.3 Å². The minimum atomic E-state index is -0.805. The molecule has 0 radical (unpaired) electrons. The van der Waals surface area contributed by atoms with Gasteiger partial charge in [-0.15, -0.1) is 11.3 Å². The number of ether oxygens (including phenoxy) is 1. The number of hydrogen-bond donors (Lipinski definition) is 1. The van der Waals surface area contributed by atoms with Crippen LogP contribution < -0.4 is 17.0 Å². The zero-order valence-corrected chi connectivity index (χ0v) is 15.9. The number of carbonyl (C=O) groups excluding carboxylic acids is 2. The van der Waals surface area contributed by atoms with Gasteiger partial charge in [0.2, 0.25) is 5.78 Å². The Labute approximate surface area is 153 Å². The second-order valence-corrected chi connectivity index (χ2v) is 7.26. The molecule has 0 aliphatic heterocycles. The van der Waals surface area contributed by atoms with Crippen LogP contribution in [-0.2, 0) is 18.3 Å². The smallest absolute Gasteiger partial charge is 0.349 e. The minimum Gasteiger partial charge on any atom is -0.453 e. The van der Waals surface area contributed by atoms with E-state index in [4.69, 9.17) is 10.5 Å². The highest BCUT2D eigenvalue weighted by atomic mass is 32.1. The third-order valence-electron chi connectivity index (χ3n) is 3.79. The van der Waals surface area contributed by atoms with Gasteiger partial charge in [0.25, 0.3) is 5.56 Å². The fourth-order valence-corrected chi connectivity index (χ4v) is 3.25. The van der Waals surface area contributed by atoms with E-state index in [-0.39, 0.29) is 23.8 Å². The van der Waals surface area contributed by atoms with Crippen molar-refractivity contribution in [3.63, 3.8) is 0 Å². The molecule has 2 N–H and O–H groups in total. The number of rotatable bonds is 6. The molecule has 0 bridgehead atoms. The van der Waals surface area contributed by atoms with E-state index in [9.17, 15) is 19.2 Å². The first-order chi connectivity index (χ1) is 12.1. The molecule has 2 aromatic heterocycles. The number of esters is 1. The number of nitrogens with zero attached hydrogens (tertiary/aromatic N) is 2. The number of Topliss-reactive ketones (excluding diaryl/α,β-unsaturated/α-hetero) is 1. The van der Waals surface area contributed by atoms with E-state index in [0.29, 0.717) is 4.88 Å². The van der Waals surface area contributed by atoms with E-state index in [1.807, 2.05) is 13.8 Å². The van der Waals surface area contributed by atoms with E-state index in [1.54, 1.807) is 18.4 Å². The molecule has 2 aromatic rings. The Balaban J connectivity index is 2.32. The van der Waals surface area contributed by atoms with Crippen molar-refractivity contribution in [3.05, 3.63) is 48.3 Å². The number of anilines is 1. The normalized spacial score (nSPS) is 11.0. The average molecular weight is 379 g/mol. The summed E-state index contributed by atoms with van der Waals surface area (Å²) in [6.07, 6.45) is 0. The lowest BCUT2D eigenvalue weighted by molar-refractivity contribution is 0.0478. The summed E-state index contributed by atoms with van der Waals surface area (Å²) in [4.78, 5) is 49.4. The third kappa shape index (κ3) is 3.77. The van der Waals surface area contributed by atoms with Crippen molar-refractivity contribution in [2.45, 2.75) is 27.3 Å². The molecule has 0 atom stereocenters. The molecule has 0 amide bonds. The summed E-state index contributed by atoms with van der Waals surface area (Å²) in [5.41, 5.74) is 4.92. The lowest BCUT2D eigenvalue weighted by Gasteiger charge is -2.16. The van der Waals surface area contributed by atoms with Gasteiger partial charge in [-0.05, 0) is 29.9 Å². The predicted octanol–water partition coefficient (Wildman–Crippen LogP) is 1.19. The van der Waals surface area contributed by atoms with Gasteiger partial charge in [0.05, 0.1) is 0 Å². The van der Waals surface area contributed by atoms with Crippen LogP contribution in [0.5, 0.6) is 0 Å². The topological polar surface area (TPSA) is 113 Å². The van der Waals surface area contributed by atoms with Crippen molar-refractivity contribution >= 4 is 28.9 Å². The van der Waals surface area contributed by atoms with Gasteiger partial charge < -0.3 is 10.5 Å². The Hall–Kier alpha value is -2.68. The van der Waals surface area contributed by atoms with Crippen LogP contribution in [0.15, 0.2) is 21.0 Å². The van der Waals surface area contributed by atoms with Crippen LogP contribution in [0, 0.1) is 12.8 Å². The van der Waals surface area contributed by atoms with Gasteiger partial charge in [-0.3, -0.25) is 18.7 Å². The SMILES string of the molecule is Cc1ccsc1C(=O)OCC(=O)c1c(N)n(CC(C)C)c(=O)n(C)c1=O. The van der Waals surface area contributed by atoms with Crippen LogP contribution in [0.3, 0.4) is 0 Å². The first kappa shape index (κ1) is 19.6. The van der Waals surface area contributed by atoms with Gasteiger partial charge in [-0.25, -0.2) is 9.59 Å². The fraction of sp³-hybridized carbons (Fsp3) is 0.412. The molecule has 0 unspecified atom stereocenters. The summed E-state index contributed by atoms with van der Waals surface area (Å²) in [5, 5.41) is 1.74. The van der Waals surface area contributed by atoms with E-state index in [1.165, 1.54) is 23.0 Å². The first-order valence-electron chi connectivity index (χ1n) is 7.98. The summed E-state index contributed by atoms with van der Waals surface area (Å²) in [6.45, 7) is 5.14. The predicted molar refractivity (Wildman–Crippen MR) is 98.9 cm³/mol. The quantitative estimate of drug-likeness (QED) is 0.596. The standard InChI is InChI=1S/C17H21N3O5S/c1-9(2)7-20-14(18)12(15(22)19(4)17(20)24)11(21)8-25-16(23)13-10(3)5-6-26-13/h5-6,9H,7-8,18H2,1-4H3. The van der Waals surface area contributed by atoms with Crippen molar-refractivity contribution in [2.24, 2.45) is 13.0 Å². The molecule has 26 heavy (non-hydrogen) atoms. The van der Waals surface area contributed by atoms with Crippen molar-refractivity contribution in [3.8, 4) is 0 Å². The number of ketones is 1. The Morgan fingerprint density at radius 2 is 1.96 bits per heavy atom. The zero-order chi connectivity index (χ0) is 19.6. The summed E-state index contributed by atoms with van der Waals surface area (Å²) in [7, 11) is 1.28. The summed E-state index contributed by atoms with van der Waals surface area (Å²) in [5.74, 6) is -1.52. The van der Waals surface area contributed by atoms with Gasteiger partial charge in [0.15, 0.2) is 6.61 Å². The Bertz CT molecular complexity index is 968. The van der Waals surface area contributed by atoms with Gasteiger partial charge in [-0.2, -0.15) is 0 Å². The molecular weight excluding hydrogens is 358 g/mol. The molecule has 2 heterocycles. The van der Waals surface area contributed by atoms with Gasteiger partial charge in [-0.1, -0.05) is 13.8 Å². The average Bonchev–Trinajstić information content (AvgIpc) is 3.00. The molecule has 0 saturated heterocycles. The van der Waals surface area contributed by atoms with E-state index >= 15 is 0 Å². The highest BCUT2D eigenvalue weighted by Crippen LogP contribution is 2.17. The van der Waals surface area contributed by atoms with Crippen LogP contribution in [0.1, 0.15) is 39.4 Å². The second kappa shape index (κ2) is 7.69. The number of hydrogen-bond acceptors (Lipinski definition) is 7. The van der Waals surface area contributed by atoms with Crippen LogP contribution in [0.4, 0.5) is 5.82 Å². The summed E-state index contributed by atoms with van der Waals surface area (Å²) in [6, 6.07) is 1.76. The number of thiophene rings is 1. The van der Waals surface area contributed by atoms with E-state index in [0.717, 1.165) is 10.1 Å². The Kier molecular flexibility index (Phi) is 5.81. The number of carbonyl (C=O) groups is 2.